The molecule has 3 rings (SSSR count). The number of aromatic nitrogens is 2. The number of non-ortho nitro benzene ring substituents is 1. The van der Waals surface area contributed by atoms with Crippen molar-refractivity contribution in [3.63, 3.8) is 0 Å². The van der Waals surface area contributed by atoms with E-state index in [9.17, 15) is 14.9 Å². The molecule has 1 heterocycles. The summed E-state index contributed by atoms with van der Waals surface area (Å²) in [5, 5.41) is 13.7. The lowest BCUT2D eigenvalue weighted by Crippen LogP contribution is -2.29. The molecule has 0 saturated carbocycles. The van der Waals surface area contributed by atoms with Crippen LogP contribution in [0.15, 0.2) is 67.0 Å². The number of carbonyl (C=O) groups is 1. The van der Waals surface area contributed by atoms with Crippen molar-refractivity contribution in [3.05, 3.63) is 94.1 Å². The quantitative estimate of drug-likeness (QED) is 0.378. The van der Waals surface area contributed by atoms with E-state index in [1.807, 2.05) is 35.9 Å². The van der Waals surface area contributed by atoms with Crippen LogP contribution in [0, 0.1) is 10.1 Å². The normalized spacial score (nSPS) is 11.9. The summed E-state index contributed by atoms with van der Waals surface area (Å²) in [6, 6.07) is 12.9. The van der Waals surface area contributed by atoms with Crippen molar-refractivity contribution in [1.29, 1.82) is 0 Å². The van der Waals surface area contributed by atoms with Crippen LogP contribution in [0.5, 0.6) is 5.75 Å². The number of benzene rings is 2. The van der Waals surface area contributed by atoms with Gasteiger partial charge in [-0.2, -0.15) is 0 Å². The number of rotatable bonds is 7. The maximum absolute atomic E-state index is 12.6. The monoisotopic (exact) mass is 392 g/mol. The van der Waals surface area contributed by atoms with Gasteiger partial charge in [0.1, 0.15) is 17.6 Å². The Balaban J connectivity index is 1.81. The van der Waals surface area contributed by atoms with Crippen molar-refractivity contribution >= 4 is 17.7 Å². The van der Waals surface area contributed by atoms with Crippen LogP contribution in [0.1, 0.15) is 23.0 Å². The Bertz CT molecular complexity index is 1040. The average Bonchev–Trinajstić information content (AvgIpc) is 3.16. The molecule has 29 heavy (non-hydrogen) atoms. The van der Waals surface area contributed by atoms with Crippen LogP contribution in [0.3, 0.4) is 0 Å². The smallest absolute Gasteiger partial charge is 0.269 e. The predicted molar refractivity (Wildman–Crippen MR) is 108 cm³/mol. The Morgan fingerprint density at radius 3 is 2.66 bits per heavy atom. The van der Waals surface area contributed by atoms with Crippen molar-refractivity contribution in [1.82, 2.24) is 14.9 Å². The number of imidazole rings is 1. The molecule has 0 aliphatic heterocycles. The van der Waals surface area contributed by atoms with Gasteiger partial charge in [0.25, 0.3) is 5.69 Å². The SMILES string of the molecule is COc1cccc(C(NC(=O)/C=C/c2ccc([N+](=O)[O-])cc2)c2nccn2C)c1. The Hall–Kier alpha value is -3.94. The van der Waals surface area contributed by atoms with Gasteiger partial charge in [-0.05, 0) is 41.5 Å². The Kier molecular flexibility index (Phi) is 6.03. The fourth-order valence-corrected chi connectivity index (χ4v) is 2.84. The van der Waals surface area contributed by atoms with Gasteiger partial charge in [-0.25, -0.2) is 4.98 Å². The Morgan fingerprint density at radius 2 is 2.03 bits per heavy atom. The highest BCUT2D eigenvalue weighted by Gasteiger charge is 2.20. The molecule has 1 unspecified atom stereocenters. The highest BCUT2D eigenvalue weighted by molar-refractivity contribution is 5.92. The van der Waals surface area contributed by atoms with Gasteiger partial charge in [-0.3, -0.25) is 14.9 Å². The molecule has 1 aromatic heterocycles. The highest BCUT2D eigenvalue weighted by Crippen LogP contribution is 2.24. The largest absolute Gasteiger partial charge is 0.497 e. The summed E-state index contributed by atoms with van der Waals surface area (Å²) < 4.78 is 7.13. The standard InChI is InChI=1S/C21H20N4O4/c1-24-13-12-22-21(24)20(16-4-3-5-18(14-16)29-2)23-19(26)11-8-15-6-9-17(10-7-15)25(27)28/h3-14,20H,1-2H3,(H,23,26)/b11-8+. The number of nitro groups is 1. The molecule has 0 aliphatic rings. The number of nitrogens with one attached hydrogen (secondary N) is 1. The molecule has 0 aliphatic carbocycles. The van der Waals surface area contributed by atoms with Crippen molar-refractivity contribution in [2.45, 2.75) is 6.04 Å². The minimum absolute atomic E-state index is 0.000488. The summed E-state index contributed by atoms with van der Waals surface area (Å²) in [4.78, 5) is 27.2. The molecule has 8 heteroatoms. The molecule has 3 aromatic rings. The van der Waals surface area contributed by atoms with Gasteiger partial charge in [0.15, 0.2) is 0 Å². The lowest BCUT2D eigenvalue weighted by Gasteiger charge is -2.19. The number of hydrogen-bond donors (Lipinski definition) is 1. The first-order valence-corrected chi connectivity index (χ1v) is 8.82. The topological polar surface area (TPSA) is 99.3 Å². The van der Waals surface area contributed by atoms with E-state index in [4.69, 9.17) is 4.74 Å². The molecule has 0 radical (unpaired) electrons. The molecule has 8 nitrogen and oxygen atoms in total. The van der Waals surface area contributed by atoms with Gasteiger partial charge in [0.2, 0.25) is 5.91 Å². The van der Waals surface area contributed by atoms with Crippen molar-refractivity contribution in [2.75, 3.05) is 7.11 Å². The first-order chi connectivity index (χ1) is 14.0. The maximum Gasteiger partial charge on any atom is 0.269 e. The lowest BCUT2D eigenvalue weighted by atomic mass is 10.1. The van der Waals surface area contributed by atoms with E-state index >= 15 is 0 Å². The van der Waals surface area contributed by atoms with Crippen LogP contribution >= 0.6 is 0 Å². The Morgan fingerprint density at radius 1 is 1.28 bits per heavy atom. The second-order valence-corrected chi connectivity index (χ2v) is 6.30. The molecule has 148 valence electrons. The number of methoxy groups -OCH3 is 1. The van der Waals surface area contributed by atoms with Crippen LogP contribution < -0.4 is 10.1 Å². The molecule has 0 bridgehead atoms. The third-order valence-corrected chi connectivity index (χ3v) is 4.36. The van der Waals surface area contributed by atoms with E-state index < -0.39 is 11.0 Å². The van der Waals surface area contributed by atoms with Crippen molar-refractivity contribution in [3.8, 4) is 5.75 Å². The van der Waals surface area contributed by atoms with Crippen molar-refractivity contribution in [2.24, 2.45) is 7.05 Å². The number of ether oxygens (including phenoxy) is 1. The number of aryl methyl sites for hydroxylation is 1. The fraction of sp³-hybridized carbons (Fsp3) is 0.143. The van der Waals surface area contributed by atoms with Crippen LogP contribution in [0.4, 0.5) is 5.69 Å². The van der Waals surface area contributed by atoms with Gasteiger partial charge in [-0.1, -0.05) is 12.1 Å². The number of carbonyl (C=O) groups excluding carboxylic acids is 1. The molecular weight excluding hydrogens is 372 g/mol. The van der Waals surface area contributed by atoms with Gasteiger partial charge in [0, 0.05) is 37.7 Å². The van der Waals surface area contributed by atoms with E-state index in [2.05, 4.69) is 10.3 Å². The molecule has 1 atom stereocenters. The van der Waals surface area contributed by atoms with E-state index in [1.54, 1.807) is 37.7 Å². The second kappa shape index (κ2) is 8.83. The zero-order valence-electron chi connectivity index (χ0n) is 16.0. The first-order valence-electron chi connectivity index (χ1n) is 8.82. The fourth-order valence-electron chi connectivity index (χ4n) is 2.84. The van der Waals surface area contributed by atoms with Gasteiger partial charge in [-0.15, -0.1) is 0 Å². The summed E-state index contributed by atoms with van der Waals surface area (Å²) in [5.41, 5.74) is 1.51. The van der Waals surface area contributed by atoms with Gasteiger partial charge in [0.05, 0.1) is 12.0 Å². The summed E-state index contributed by atoms with van der Waals surface area (Å²) in [5.74, 6) is 1.03. The van der Waals surface area contributed by atoms with E-state index in [-0.39, 0.29) is 11.6 Å². The second-order valence-electron chi connectivity index (χ2n) is 6.30. The minimum atomic E-state index is -0.473. The lowest BCUT2D eigenvalue weighted by molar-refractivity contribution is -0.384. The molecule has 2 aromatic carbocycles. The highest BCUT2D eigenvalue weighted by atomic mass is 16.6. The van der Waals surface area contributed by atoms with Crippen LogP contribution in [-0.2, 0) is 11.8 Å². The Labute approximate surface area is 167 Å². The van der Waals surface area contributed by atoms with Gasteiger partial charge >= 0.3 is 0 Å². The number of amides is 1. The number of nitrogens with zero attached hydrogens (tertiary/aromatic N) is 3. The number of hydrogen-bond acceptors (Lipinski definition) is 5. The van der Waals surface area contributed by atoms with E-state index in [0.29, 0.717) is 17.1 Å². The zero-order valence-corrected chi connectivity index (χ0v) is 16.0. The van der Waals surface area contributed by atoms with Crippen LogP contribution in [0.25, 0.3) is 6.08 Å². The molecule has 1 amide bonds. The first kappa shape index (κ1) is 19.8. The number of nitro benzene ring substituents is 1. The maximum atomic E-state index is 12.6. The van der Waals surface area contributed by atoms with Gasteiger partial charge < -0.3 is 14.6 Å². The molecule has 0 fully saturated rings. The zero-order chi connectivity index (χ0) is 20.8. The molecule has 0 spiro atoms. The summed E-state index contributed by atoms with van der Waals surface area (Å²) in [6.07, 6.45) is 6.46. The third-order valence-electron chi connectivity index (χ3n) is 4.36. The predicted octanol–water partition coefficient (Wildman–Crippen LogP) is 3.26. The summed E-state index contributed by atoms with van der Waals surface area (Å²) in [7, 11) is 3.44. The third kappa shape index (κ3) is 4.86. The van der Waals surface area contributed by atoms with E-state index in [0.717, 1.165) is 5.56 Å². The minimum Gasteiger partial charge on any atom is -0.497 e. The summed E-state index contributed by atoms with van der Waals surface area (Å²) in [6.45, 7) is 0. The molecule has 0 saturated heterocycles. The van der Waals surface area contributed by atoms with Crippen molar-refractivity contribution < 1.29 is 14.5 Å². The van der Waals surface area contributed by atoms with Crippen LogP contribution in [0.2, 0.25) is 0 Å². The molecule has 1 N–H and O–H groups in total. The van der Waals surface area contributed by atoms with Crippen LogP contribution in [-0.4, -0.2) is 27.5 Å². The van der Waals surface area contributed by atoms with E-state index in [1.165, 1.54) is 18.2 Å². The summed E-state index contributed by atoms with van der Waals surface area (Å²) >= 11 is 0. The average molecular weight is 392 g/mol. The molecular formula is C21H20N4O4.